The summed E-state index contributed by atoms with van der Waals surface area (Å²) in [6, 6.07) is 8.36. The molecule has 0 unspecified atom stereocenters. The summed E-state index contributed by atoms with van der Waals surface area (Å²) in [7, 11) is 0. The second kappa shape index (κ2) is 6.72. The summed E-state index contributed by atoms with van der Waals surface area (Å²) < 4.78 is 5.75. The van der Waals surface area contributed by atoms with Gasteiger partial charge in [-0.3, -0.25) is 4.79 Å². The lowest BCUT2D eigenvalue weighted by Crippen LogP contribution is -2.30. The summed E-state index contributed by atoms with van der Waals surface area (Å²) in [4.78, 5) is 30.5. The van der Waals surface area contributed by atoms with Gasteiger partial charge in [-0.25, -0.2) is 4.79 Å². The Bertz CT molecular complexity index is 991. The van der Waals surface area contributed by atoms with E-state index in [4.69, 9.17) is 16.0 Å². The van der Waals surface area contributed by atoms with Gasteiger partial charge >= 0.3 is 5.69 Å². The van der Waals surface area contributed by atoms with Crippen molar-refractivity contribution in [2.45, 2.75) is 32.7 Å². The molecule has 0 saturated heterocycles. The van der Waals surface area contributed by atoms with Crippen LogP contribution >= 0.6 is 11.6 Å². The maximum Gasteiger partial charge on any atom is 0.345 e. The number of aromatic amines is 1. The second-order valence-corrected chi connectivity index (χ2v) is 6.64. The Morgan fingerprint density at radius 2 is 2.00 bits per heavy atom. The molecule has 0 spiro atoms. The minimum absolute atomic E-state index is 0.0819. The van der Waals surface area contributed by atoms with Crippen LogP contribution in [-0.2, 0) is 0 Å². The molecule has 2 N–H and O–H groups in total. The van der Waals surface area contributed by atoms with Crippen molar-refractivity contribution in [3.63, 3.8) is 0 Å². The molecule has 3 aromatic rings. The fourth-order valence-electron chi connectivity index (χ4n) is 2.49. The smallest absolute Gasteiger partial charge is 0.345 e. The first kappa shape index (κ1) is 17.2. The molecule has 1 amide bonds. The van der Waals surface area contributed by atoms with Gasteiger partial charge in [0.2, 0.25) is 0 Å². The Morgan fingerprint density at radius 3 is 2.72 bits per heavy atom. The van der Waals surface area contributed by atoms with Crippen LogP contribution in [0.2, 0.25) is 5.02 Å². The molecule has 0 aliphatic carbocycles. The Kier molecular flexibility index (Phi) is 4.63. The van der Waals surface area contributed by atoms with Crippen molar-refractivity contribution >= 4 is 28.5 Å². The van der Waals surface area contributed by atoms with E-state index in [1.54, 1.807) is 31.2 Å². The van der Waals surface area contributed by atoms with Crippen molar-refractivity contribution in [1.82, 2.24) is 15.3 Å². The van der Waals surface area contributed by atoms with E-state index in [9.17, 15) is 9.59 Å². The molecule has 7 heteroatoms. The molecule has 25 heavy (non-hydrogen) atoms. The molecule has 0 aliphatic rings. The molecule has 1 atom stereocenters. The predicted octanol–water partition coefficient (Wildman–Crippen LogP) is 3.78. The maximum absolute atomic E-state index is 12.4. The first-order valence-electron chi connectivity index (χ1n) is 7.94. The van der Waals surface area contributed by atoms with E-state index in [-0.39, 0.29) is 17.7 Å². The highest BCUT2D eigenvalue weighted by atomic mass is 35.5. The van der Waals surface area contributed by atoms with E-state index in [0.717, 1.165) is 5.39 Å². The van der Waals surface area contributed by atoms with Crippen LogP contribution in [0.3, 0.4) is 0 Å². The molecule has 3 rings (SSSR count). The number of fused-ring (bicyclic) bond motifs is 1. The van der Waals surface area contributed by atoms with Gasteiger partial charge in [0.1, 0.15) is 17.0 Å². The van der Waals surface area contributed by atoms with E-state index in [1.165, 1.54) is 0 Å². The molecule has 0 fully saturated rings. The summed E-state index contributed by atoms with van der Waals surface area (Å²) in [5.41, 5.74) is 0.897. The van der Waals surface area contributed by atoms with E-state index in [1.807, 2.05) is 19.9 Å². The number of carbonyl (C=O) groups excluding carboxylic acids is 1. The lowest BCUT2D eigenvalue weighted by Gasteiger charge is -2.12. The number of carbonyl (C=O) groups is 1. The van der Waals surface area contributed by atoms with Gasteiger partial charge in [-0.15, -0.1) is 0 Å². The molecule has 0 radical (unpaired) electrons. The number of furan rings is 1. The zero-order valence-electron chi connectivity index (χ0n) is 14.1. The number of hydrogen-bond acceptors (Lipinski definition) is 4. The van der Waals surface area contributed by atoms with Gasteiger partial charge in [-0.1, -0.05) is 25.4 Å². The SMILES string of the molecule is CC(C)c1cc(C(=O)N[C@@H](C)c2cc3cc(Cl)ccc3o2)nc(=O)[nH]1. The van der Waals surface area contributed by atoms with Gasteiger partial charge in [-0.05, 0) is 43.2 Å². The first-order valence-corrected chi connectivity index (χ1v) is 8.32. The maximum atomic E-state index is 12.4. The number of nitrogens with one attached hydrogen (secondary N) is 2. The molecule has 6 nitrogen and oxygen atoms in total. The normalized spacial score (nSPS) is 12.5. The van der Waals surface area contributed by atoms with Crippen molar-refractivity contribution < 1.29 is 9.21 Å². The molecular formula is C18H18ClN3O3. The largest absolute Gasteiger partial charge is 0.459 e. The predicted molar refractivity (Wildman–Crippen MR) is 96.1 cm³/mol. The van der Waals surface area contributed by atoms with Crippen molar-refractivity contribution in [2.24, 2.45) is 0 Å². The molecule has 130 valence electrons. The Balaban J connectivity index is 1.83. The van der Waals surface area contributed by atoms with Gasteiger partial charge in [0.05, 0.1) is 6.04 Å². The van der Waals surface area contributed by atoms with Crippen LogP contribution in [0.1, 0.15) is 54.7 Å². The molecule has 0 aliphatic heterocycles. The van der Waals surface area contributed by atoms with Crippen molar-refractivity contribution in [1.29, 1.82) is 0 Å². The van der Waals surface area contributed by atoms with Gasteiger partial charge in [-0.2, -0.15) is 4.98 Å². The molecule has 2 aromatic heterocycles. The van der Waals surface area contributed by atoms with Crippen LogP contribution in [0.5, 0.6) is 0 Å². The highest BCUT2D eigenvalue weighted by Gasteiger charge is 2.18. The highest BCUT2D eigenvalue weighted by molar-refractivity contribution is 6.31. The fraction of sp³-hybridized carbons (Fsp3) is 0.278. The average molecular weight is 360 g/mol. The number of hydrogen-bond donors (Lipinski definition) is 2. The monoisotopic (exact) mass is 359 g/mol. The summed E-state index contributed by atoms with van der Waals surface area (Å²) in [6.45, 7) is 5.65. The third-order valence-corrected chi connectivity index (χ3v) is 4.13. The standard InChI is InChI=1S/C18H18ClN3O3/c1-9(2)13-8-14(22-18(24)21-13)17(23)20-10(3)16-7-11-6-12(19)4-5-15(11)25-16/h4-10H,1-3H3,(H,20,23)(H,21,22,24)/t10-/m0/s1. The number of aromatic nitrogens is 2. The Hall–Kier alpha value is -2.60. The average Bonchev–Trinajstić information content (AvgIpc) is 2.97. The second-order valence-electron chi connectivity index (χ2n) is 6.21. The van der Waals surface area contributed by atoms with Gasteiger partial charge < -0.3 is 14.7 Å². The van der Waals surface area contributed by atoms with Crippen molar-refractivity contribution in [3.8, 4) is 0 Å². The minimum atomic E-state index is -0.539. The van der Waals surface area contributed by atoms with E-state index in [0.29, 0.717) is 22.1 Å². The van der Waals surface area contributed by atoms with Gasteiger partial charge in [0.15, 0.2) is 0 Å². The topological polar surface area (TPSA) is 88.0 Å². The Morgan fingerprint density at radius 1 is 1.24 bits per heavy atom. The number of halogens is 1. The van der Waals surface area contributed by atoms with Crippen LogP contribution in [0.25, 0.3) is 11.0 Å². The number of benzene rings is 1. The third kappa shape index (κ3) is 3.74. The first-order chi connectivity index (χ1) is 11.8. The van der Waals surface area contributed by atoms with Crippen LogP contribution in [0.4, 0.5) is 0 Å². The van der Waals surface area contributed by atoms with Crippen LogP contribution in [0.15, 0.2) is 39.5 Å². The highest BCUT2D eigenvalue weighted by Crippen LogP contribution is 2.26. The number of amides is 1. The van der Waals surface area contributed by atoms with Gasteiger partial charge in [0.25, 0.3) is 5.91 Å². The number of H-pyrrole nitrogens is 1. The van der Waals surface area contributed by atoms with Crippen LogP contribution in [-0.4, -0.2) is 15.9 Å². The zero-order chi connectivity index (χ0) is 18.1. The fourth-order valence-corrected chi connectivity index (χ4v) is 2.67. The van der Waals surface area contributed by atoms with Crippen LogP contribution < -0.4 is 11.0 Å². The quantitative estimate of drug-likeness (QED) is 0.741. The van der Waals surface area contributed by atoms with Crippen molar-refractivity contribution in [2.75, 3.05) is 0 Å². The van der Waals surface area contributed by atoms with Gasteiger partial charge in [0, 0.05) is 16.1 Å². The van der Waals surface area contributed by atoms with E-state index < -0.39 is 11.6 Å². The summed E-state index contributed by atoms with van der Waals surface area (Å²) in [5.74, 6) is 0.248. The van der Waals surface area contributed by atoms with Crippen LogP contribution in [0, 0.1) is 0 Å². The molecule has 2 heterocycles. The van der Waals surface area contributed by atoms with E-state index in [2.05, 4.69) is 15.3 Å². The molecule has 0 bridgehead atoms. The summed E-state index contributed by atoms with van der Waals surface area (Å²) >= 11 is 5.97. The lowest BCUT2D eigenvalue weighted by molar-refractivity contribution is 0.0930. The van der Waals surface area contributed by atoms with Crippen molar-refractivity contribution in [3.05, 3.63) is 63.0 Å². The third-order valence-electron chi connectivity index (χ3n) is 3.89. The summed E-state index contributed by atoms with van der Waals surface area (Å²) in [6.07, 6.45) is 0. The minimum Gasteiger partial charge on any atom is -0.459 e. The van der Waals surface area contributed by atoms with E-state index >= 15 is 0 Å². The zero-order valence-corrected chi connectivity index (χ0v) is 14.8. The number of rotatable bonds is 4. The number of nitrogens with zero attached hydrogens (tertiary/aromatic N) is 1. The molecular weight excluding hydrogens is 342 g/mol. The molecule has 1 aromatic carbocycles. The summed E-state index contributed by atoms with van der Waals surface area (Å²) in [5, 5.41) is 4.28. The lowest BCUT2D eigenvalue weighted by atomic mass is 10.1. The Labute approximate surface area is 149 Å². The molecule has 0 saturated carbocycles.